The molecule has 0 aliphatic carbocycles. The van der Waals surface area contributed by atoms with E-state index >= 15 is 0 Å². The molecule has 1 saturated heterocycles. The molecule has 0 spiro atoms. The summed E-state index contributed by atoms with van der Waals surface area (Å²) < 4.78 is 6.39. The van der Waals surface area contributed by atoms with Crippen LogP contribution in [0.25, 0.3) is 0 Å². The maximum atomic E-state index is 10.6. The molecule has 0 radical (unpaired) electrons. The van der Waals surface area contributed by atoms with Gasteiger partial charge in [0.2, 0.25) is 0 Å². The first kappa shape index (κ1) is 7.01. The number of rotatable bonds is 2. The molecule has 12 heavy (non-hydrogen) atoms. The van der Waals surface area contributed by atoms with Gasteiger partial charge >= 0.3 is 6.09 Å². The summed E-state index contributed by atoms with van der Waals surface area (Å²) in [5.41, 5.74) is 0. The van der Waals surface area contributed by atoms with E-state index in [9.17, 15) is 4.79 Å². The number of carbonyl (C=O) groups excluding carboxylic acids is 1. The lowest BCUT2D eigenvalue weighted by molar-refractivity contribution is 0.128. The molecule has 64 valence electrons. The lowest BCUT2D eigenvalue weighted by atomic mass is 10.4. The Morgan fingerprint density at radius 3 is 3.33 bits per heavy atom. The van der Waals surface area contributed by atoms with E-state index in [4.69, 9.17) is 4.74 Å². The molecular formula is C5H7N5O2. The number of aromatic nitrogens is 4. The predicted molar refractivity (Wildman–Crippen MR) is 36.1 cm³/mol. The third-order valence-corrected chi connectivity index (χ3v) is 1.53. The number of cyclic esters (lactones) is 1. The molecular weight excluding hydrogens is 162 g/mol. The Hall–Kier alpha value is -1.66. The molecule has 1 amide bonds. The van der Waals surface area contributed by atoms with Crippen molar-refractivity contribution < 1.29 is 9.53 Å². The normalized spacial score (nSPS) is 22.0. The Balaban J connectivity index is 1.92. The van der Waals surface area contributed by atoms with Gasteiger partial charge < -0.3 is 10.1 Å². The topological polar surface area (TPSA) is 81.9 Å². The van der Waals surface area contributed by atoms with Crippen molar-refractivity contribution >= 4 is 6.09 Å². The van der Waals surface area contributed by atoms with Crippen molar-refractivity contribution in [3.05, 3.63) is 6.33 Å². The minimum Gasteiger partial charge on any atom is -0.442 e. The summed E-state index contributed by atoms with van der Waals surface area (Å²) in [6.07, 6.45) is 0.931. The summed E-state index contributed by atoms with van der Waals surface area (Å²) >= 11 is 0. The third-order valence-electron chi connectivity index (χ3n) is 1.53. The molecule has 1 N–H and O–H groups in total. The molecule has 0 aromatic carbocycles. The first-order valence-corrected chi connectivity index (χ1v) is 3.50. The number of amides is 1. The molecule has 1 aromatic heterocycles. The summed E-state index contributed by atoms with van der Waals surface area (Å²) in [6.45, 7) is 1.00. The smallest absolute Gasteiger partial charge is 0.407 e. The molecule has 1 aliphatic heterocycles. The molecule has 1 atom stereocenters. The van der Waals surface area contributed by atoms with Gasteiger partial charge in [0.1, 0.15) is 12.4 Å². The van der Waals surface area contributed by atoms with Crippen LogP contribution < -0.4 is 5.32 Å². The number of alkyl carbamates (subject to hydrolysis) is 1. The van der Waals surface area contributed by atoms with E-state index in [-0.39, 0.29) is 12.2 Å². The van der Waals surface area contributed by atoms with Crippen LogP contribution in [0.1, 0.15) is 0 Å². The molecule has 1 aromatic rings. The van der Waals surface area contributed by atoms with Crippen LogP contribution in [0, 0.1) is 0 Å². The highest BCUT2D eigenvalue weighted by Crippen LogP contribution is 2.01. The van der Waals surface area contributed by atoms with Crippen LogP contribution in [-0.2, 0) is 11.3 Å². The molecule has 7 nitrogen and oxygen atoms in total. The van der Waals surface area contributed by atoms with Crippen molar-refractivity contribution in [1.82, 2.24) is 25.5 Å². The molecule has 1 unspecified atom stereocenters. The monoisotopic (exact) mass is 169 g/mol. The second kappa shape index (κ2) is 2.76. The maximum Gasteiger partial charge on any atom is 0.407 e. The highest BCUT2D eigenvalue weighted by molar-refractivity contribution is 5.69. The lowest BCUT2D eigenvalue weighted by Gasteiger charge is -2.04. The van der Waals surface area contributed by atoms with Gasteiger partial charge in [0, 0.05) is 0 Å². The van der Waals surface area contributed by atoms with E-state index in [0.717, 1.165) is 0 Å². The number of ether oxygens (including phenoxy) is 1. The van der Waals surface area contributed by atoms with Crippen LogP contribution in [-0.4, -0.2) is 38.9 Å². The Bertz CT molecular complexity index is 271. The molecule has 0 bridgehead atoms. The zero-order valence-corrected chi connectivity index (χ0v) is 6.17. The van der Waals surface area contributed by atoms with Gasteiger partial charge in [-0.3, -0.25) is 0 Å². The van der Waals surface area contributed by atoms with Crippen LogP contribution in [0.4, 0.5) is 4.79 Å². The Labute approximate surface area is 67.7 Å². The Morgan fingerprint density at radius 2 is 2.75 bits per heavy atom. The van der Waals surface area contributed by atoms with Crippen molar-refractivity contribution in [2.45, 2.75) is 12.6 Å². The lowest BCUT2D eigenvalue weighted by Crippen LogP contribution is -2.20. The predicted octanol–water partition coefficient (Wildman–Crippen LogP) is -1.22. The zero-order valence-electron chi connectivity index (χ0n) is 6.17. The van der Waals surface area contributed by atoms with E-state index in [1.54, 1.807) is 0 Å². The van der Waals surface area contributed by atoms with Gasteiger partial charge in [0.15, 0.2) is 0 Å². The fourth-order valence-electron chi connectivity index (χ4n) is 1.01. The van der Waals surface area contributed by atoms with Gasteiger partial charge in [-0.2, -0.15) is 0 Å². The van der Waals surface area contributed by atoms with Crippen LogP contribution >= 0.6 is 0 Å². The first-order valence-electron chi connectivity index (χ1n) is 3.50. The summed E-state index contributed by atoms with van der Waals surface area (Å²) in [6, 6.07) is 0. The minimum absolute atomic E-state index is 0.166. The second-order valence-electron chi connectivity index (χ2n) is 2.44. The van der Waals surface area contributed by atoms with Gasteiger partial charge in [-0.25, -0.2) is 9.48 Å². The van der Waals surface area contributed by atoms with Crippen molar-refractivity contribution in [2.75, 3.05) is 6.54 Å². The van der Waals surface area contributed by atoms with E-state index in [1.807, 2.05) is 0 Å². The molecule has 1 aliphatic rings. The van der Waals surface area contributed by atoms with Gasteiger partial charge in [-0.05, 0) is 10.4 Å². The first-order chi connectivity index (χ1) is 5.84. The summed E-state index contributed by atoms with van der Waals surface area (Å²) in [7, 11) is 0. The average molecular weight is 169 g/mol. The van der Waals surface area contributed by atoms with Crippen LogP contribution in [0.2, 0.25) is 0 Å². The quantitative estimate of drug-likeness (QED) is 0.600. The molecule has 0 saturated carbocycles. The summed E-state index contributed by atoms with van der Waals surface area (Å²) in [5, 5.41) is 13.1. The summed E-state index contributed by atoms with van der Waals surface area (Å²) in [4.78, 5) is 10.6. The molecule has 2 heterocycles. The Morgan fingerprint density at radius 1 is 1.83 bits per heavy atom. The van der Waals surface area contributed by atoms with Gasteiger partial charge in [-0.1, -0.05) is 0 Å². The number of hydrogen-bond donors (Lipinski definition) is 1. The number of tetrazole rings is 1. The Kier molecular flexibility index (Phi) is 1.61. The fourth-order valence-corrected chi connectivity index (χ4v) is 1.01. The van der Waals surface area contributed by atoms with Gasteiger partial charge in [0.05, 0.1) is 13.1 Å². The van der Waals surface area contributed by atoms with E-state index in [0.29, 0.717) is 13.1 Å². The van der Waals surface area contributed by atoms with Crippen LogP contribution in [0.5, 0.6) is 0 Å². The third kappa shape index (κ3) is 1.34. The maximum absolute atomic E-state index is 10.6. The summed E-state index contributed by atoms with van der Waals surface area (Å²) in [5.74, 6) is 0. The van der Waals surface area contributed by atoms with Crippen LogP contribution in [0.3, 0.4) is 0 Å². The average Bonchev–Trinajstić information content (AvgIpc) is 2.63. The van der Waals surface area contributed by atoms with Crippen molar-refractivity contribution in [2.24, 2.45) is 0 Å². The highest BCUT2D eigenvalue weighted by Gasteiger charge is 2.22. The van der Waals surface area contributed by atoms with Gasteiger partial charge in [-0.15, -0.1) is 5.10 Å². The minimum atomic E-state index is -0.381. The molecule has 1 fully saturated rings. The zero-order chi connectivity index (χ0) is 8.39. The number of nitrogens with one attached hydrogen (secondary N) is 1. The van der Waals surface area contributed by atoms with Gasteiger partial charge in [0.25, 0.3) is 0 Å². The molecule has 7 heteroatoms. The van der Waals surface area contributed by atoms with Crippen molar-refractivity contribution in [1.29, 1.82) is 0 Å². The van der Waals surface area contributed by atoms with Crippen molar-refractivity contribution in [3.63, 3.8) is 0 Å². The van der Waals surface area contributed by atoms with Crippen LogP contribution in [0.15, 0.2) is 6.33 Å². The van der Waals surface area contributed by atoms with Crippen molar-refractivity contribution in [3.8, 4) is 0 Å². The van der Waals surface area contributed by atoms with E-state index in [1.165, 1.54) is 11.0 Å². The number of hydrogen-bond acceptors (Lipinski definition) is 5. The fraction of sp³-hybridized carbons (Fsp3) is 0.600. The van der Waals surface area contributed by atoms with E-state index in [2.05, 4.69) is 20.8 Å². The number of carbonyl (C=O) groups is 1. The largest absolute Gasteiger partial charge is 0.442 e. The van der Waals surface area contributed by atoms with E-state index < -0.39 is 0 Å². The molecule has 2 rings (SSSR count). The SMILES string of the molecule is O=C1NCC(Cn2cnnn2)O1. The standard InChI is InChI=1S/C5H7N5O2/c11-5-6-1-4(12-5)2-10-3-7-8-9-10/h3-4H,1-2H2,(H,6,11). The number of nitrogens with zero attached hydrogens (tertiary/aromatic N) is 4. The second-order valence-corrected chi connectivity index (χ2v) is 2.44. The highest BCUT2D eigenvalue weighted by atomic mass is 16.6.